The molecule has 2 aromatic carbocycles. The first-order chi connectivity index (χ1) is 11.6. The molecule has 1 fully saturated rings. The number of aromatic hydroxyl groups is 1. The Balaban J connectivity index is 1.54. The lowest BCUT2D eigenvalue weighted by Crippen LogP contribution is -2.43. The van der Waals surface area contributed by atoms with E-state index in [4.69, 9.17) is 11.6 Å². The van der Waals surface area contributed by atoms with Gasteiger partial charge in [-0.2, -0.15) is 5.10 Å². The molecule has 0 aliphatic carbocycles. The van der Waals surface area contributed by atoms with Gasteiger partial charge in [-0.25, -0.2) is 0 Å². The molecule has 0 saturated carbocycles. The van der Waals surface area contributed by atoms with E-state index in [2.05, 4.69) is 32.0 Å². The number of piperazine rings is 1. The first-order valence-electron chi connectivity index (χ1n) is 7.85. The van der Waals surface area contributed by atoms with Crippen LogP contribution < -0.4 is 0 Å². The number of nitrogens with zero attached hydrogens (tertiary/aromatic N) is 3. The Labute approximate surface area is 155 Å². The Bertz CT molecular complexity index is 730. The van der Waals surface area contributed by atoms with Gasteiger partial charge in [0.2, 0.25) is 0 Å². The van der Waals surface area contributed by atoms with Crippen molar-refractivity contribution < 1.29 is 5.11 Å². The molecule has 0 amide bonds. The minimum absolute atomic E-state index is 0.235. The van der Waals surface area contributed by atoms with Crippen molar-refractivity contribution in [3.63, 3.8) is 0 Å². The van der Waals surface area contributed by atoms with E-state index in [1.165, 1.54) is 0 Å². The van der Waals surface area contributed by atoms with Gasteiger partial charge in [-0.1, -0.05) is 45.7 Å². The first kappa shape index (κ1) is 17.3. The summed E-state index contributed by atoms with van der Waals surface area (Å²) in [4.78, 5) is 2.38. The van der Waals surface area contributed by atoms with Crippen molar-refractivity contribution in [3.05, 3.63) is 63.1 Å². The van der Waals surface area contributed by atoms with Gasteiger partial charge in [0.05, 0.1) is 6.21 Å². The van der Waals surface area contributed by atoms with Crippen molar-refractivity contribution in [1.29, 1.82) is 0 Å². The maximum atomic E-state index is 9.85. The zero-order valence-corrected chi connectivity index (χ0v) is 15.5. The zero-order valence-electron chi connectivity index (χ0n) is 13.2. The van der Waals surface area contributed by atoms with Crippen molar-refractivity contribution in [2.75, 3.05) is 26.2 Å². The summed E-state index contributed by atoms with van der Waals surface area (Å²) in [7, 11) is 0. The smallest absolute Gasteiger partial charge is 0.124 e. The van der Waals surface area contributed by atoms with E-state index in [1.54, 1.807) is 18.3 Å². The summed E-state index contributed by atoms with van der Waals surface area (Å²) < 4.78 is 0.923. The summed E-state index contributed by atoms with van der Waals surface area (Å²) in [6.45, 7) is 4.45. The minimum atomic E-state index is 0.235. The minimum Gasteiger partial charge on any atom is -0.507 e. The SMILES string of the molecule is Oc1ccc(Br)cc1C=NN1CCN(Cc2ccccc2Cl)CC1. The van der Waals surface area contributed by atoms with Gasteiger partial charge in [-0.3, -0.25) is 9.91 Å². The van der Waals surface area contributed by atoms with Crippen LogP contribution in [0.3, 0.4) is 0 Å². The van der Waals surface area contributed by atoms with Crippen LogP contribution in [-0.4, -0.2) is 47.4 Å². The Kier molecular flexibility index (Phi) is 5.76. The number of halogens is 2. The number of phenolic OH excluding ortho intramolecular Hbond substituents is 1. The molecule has 2 aromatic rings. The highest BCUT2D eigenvalue weighted by Crippen LogP contribution is 2.21. The molecule has 1 aliphatic rings. The van der Waals surface area contributed by atoms with E-state index < -0.39 is 0 Å². The largest absolute Gasteiger partial charge is 0.507 e. The zero-order chi connectivity index (χ0) is 16.9. The van der Waals surface area contributed by atoms with E-state index in [9.17, 15) is 5.11 Å². The van der Waals surface area contributed by atoms with E-state index >= 15 is 0 Å². The molecule has 3 rings (SSSR count). The van der Waals surface area contributed by atoms with Gasteiger partial charge in [0.25, 0.3) is 0 Å². The van der Waals surface area contributed by atoms with E-state index in [1.807, 2.05) is 29.3 Å². The average molecular weight is 409 g/mol. The summed E-state index contributed by atoms with van der Waals surface area (Å²) in [5.74, 6) is 0.235. The van der Waals surface area contributed by atoms with Crippen LogP contribution >= 0.6 is 27.5 Å². The van der Waals surface area contributed by atoms with Crippen molar-refractivity contribution in [2.45, 2.75) is 6.54 Å². The van der Waals surface area contributed by atoms with Gasteiger partial charge in [0.15, 0.2) is 0 Å². The normalized spacial score (nSPS) is 16.0. The monoisotopic (exact) mass is 407 g/mol. The summed E-state index contributed by atoms with van der Waals surface area (Å²) in [5, 5.41) is 17.2. The van der Waals surface area contributed by atoms with E-state index in [0.717, 1.165) is 47.8 Å². The van der Waals surface area contributed by atoms with E-state index in [0.29, 0.717) is 5.56 Å². The van der Waals surface area contributed by atoms with Crippen LogP contribution in [0.15, 0.2) is 52.0 Å². The lowest BCUT2D eigenvalue weighted by Gasteiger charge is -2.33. The third-order valence-corrected chi connectivity index (χ3v) is 4.91. The Morgan fingerprint density at radius 2 is 1.88 bits per heavy atom. The lowest BCUT2D eigenvalue weighted by atomic mass is 10.2. The van der Waals surface area contributed by atoms with Crippen LogP contribution in [0.25, 0.3) is 0 Å². The number of benzene rings is 2. The number of hydrogen-bond acceptors (Lipinski definition) is 4. The van der Waals surface area contributed by atoms with Gasteiger partial charge >= 0.3 is 0 Å². The molecule has 0 bridgehead atoms. The Hall–Kier alpha value is -1.56. The maximum absolute atomic E-state index is 9.85. The second-order valence-electron chi connectivity index (χ2n) is 5.77. The lowest BCUT2D eigenvalue weighted by molar-refractivity contribution is 0.131. The van der Waals surface area contributed by atoms with Gasteiger partial charge in [-0.05, 0) is 29.8 Å². The highest BCUT2D eigenvalue weighted by atomic mass is 79.9. The van der Waals surface area contributed by atoms with Crippen LogP contribution in [0.4, 0.5) is 0 Å². The molecular weight excluding hydrogens is 390 g/mol. The summed E-state index contributed by atoms with van der Waals surface area (Å²) >= 11 is 9.63. The molecule has 0 aromatic heterocycles. The number of rotatable bonds is 4. The van der Waals surface area contributed by atoms with Crippen LogP contribution in [0.1, 0.15) is 11.1 Å². The molecule has 0 radical (unpaired) electrons. The van der Waals surface area contributed by atoms with Gasteiger partial charge in [0.1, 0.15) is 5.75 Å². The molecule has 1 saturated heterocycles. The fourth-order valence-corrected chi connectivity index (χ4v) is 3.23. The number of phenols is 1. The second-order valence-corrected chi connectivity index (χ2v) is 7.09. The van der Waals surface area contributed by atoms with Crippen molar-refractivity contribution in [1.82, 2.24) is 9.91 Å². The molecule has 0 atom stereocenters. The Morgan fingerprint density at radius 3 is 2.62 bits per heavy atom. The summed E-state index contributed by atoms with van der Waals surface area (Å²) in [5.41, 5.74) is 1.87. The molecule has 1 aliphatic heterocycles. The fraction of sp³-hybridized carbons (Fsp3) is 0.278. The number of hydrogen-bond donors (Lipinski definition) is 1. The molecule has 24 heavy (non-hydrogen) atoms. The highest BCUT2D eigenvalue weighted by molar-refractivity contribution is 9.10. The molecule has 0 spiro atoms. The van der Waals surface area contributed by atoms with Crippen LogP contribution in [0, 0.1) is 0 Å². The van der Waals surface area contributed by atoms with Crippen molar-refractivity contribution >= 4 is 33.7 Å². The molecule has 126 valence electrons. The van der Waals surface area contributed by atoms with Gasteiger partial charge in [0, 0.05) is 47.8 Å². The van der Waals surface area contributed by atoms with E-state index in [-0.39, 0.29) is 5.75 Å². The van der Waals surface area contributed by atoms with Crippen molar-refractivity contribution in [3.8, 4) is 5.75 Å². The quantitative estimate of drug-likeness (QED) is 0.778. The van der Waals surface area contributed by atoms with Gasteiger partial charge < -0.3 is 5.11 Å². The molecule has 0 unspecified atom stereocenters. The highest BCUT2D eigenvalue weighted by Gasteiger charge is 2.16. The molecule has 4 nitrogen and oxygen atoms in total. The first-order valence-corrected chi connectivity index (χ1v) is 9.02. The predicted octanol–water partition coefficient (Wildman–Crippen LogP) is 3.96. The van der Waals surface area contributed by atoms with Crippen LogP contribution in [0.2, 0.25) is 5.02 Å². The van der Waals surface area contributed by atoms with Crippen molar-refractivity contribution in [2.24, 2.45) is 5.10 Å². The average Bonchev–Trinajstić information content (AvgIpc) is 2.59. The second kappa shape index (κ2) is 8.01. The molecular formula is C18H19BrClN3O. The summed E-state index contributed by atoms with van der Waals surface area (Å²) in [6, 6.07) is 13.3. The molecule has 1 N–H and O–H groups in total. The summed E-state index contributed by atoms with van der Waals surface area (Å²) in [6.07, 6.45) is 1.71. The Morgan fingerprint density at radius 1 is 1.12 bits per heavy atom. The standard InChI is InChI=1S/C18H19BrClN3O/c19-16-5-6-18(24)15(11-16)12-21-23-9-7-22(8-10-23)13-14-3-1-2-4-17(14)20/h1-6,11-12,24H,7-10,13H2. The topological polar surface area (TPSA) is 39.1 Å². The fourth-order valence-electron chi connectivity index (χ4n) is 2.65. The van der Waals surface area contributed by atoms with Gasteiger partial charge in [-0.15, -0.1) is 0 Å². The van der Waals surface area contributed by atoms with Crippen LogP contribution in [0.5, 0.6) is 5.75 Å². The predicted molar refractivity (Wildman–Crippen MR) is 102 cm³/mol. The molecule has 6 heteroatoms. The maximum Gasteiger partial charge on any atom is 0.124 e. The van der Waals surface area contributed by atoms with Crippen LogP contribution in [-0.2, 0) is 6.54 Å². The third-order valence-electron chi connectivity index (χ3n) is 4.05. The molecule has 1 heterocycles. The third kappa shape index (κ3) is 4.50. The number of hydrazone groups is 1.